The van der Waals surface area contributed by atoms with E-state index in [1.165, 1.54) is 59.2 Å². The van der Waals surface area contributed by atoms with Crippen molar-refractivity contribution >= 4 is 27.3 Å². The number of nitrogens with one attached hydrogen (secondary N) is 1. The van der Waals surface area contributed by atoms with Crippen molar-refractivity contribution in [1.29, 1.82) is 0 Å². The van der Waals surface area contributed by atoms with Gasteiger partial charge in [0.1, 0.15) is 0 Å². The molecule has 0 radical (unpaired) electrons. The maximum absolute atomic E-state index is 3.71. The minimum atomic E-state index is 0.552. The number of hydrogen-bond acceptors (Lipinski definition) is 2. The van der Waals surface area contributed by atoms with Crippen LogP contribution in [0.4, 0.5) is 0 Å². The van der Waals surface area contributed by atoms with Crippen molar-refractivity contribution in [2.24, 2.45) is 0 Å². The summed E-state index contributed by atoms with van der Waals surface area (Å²) in [6.45, 7) is 7.82. The summed E-state index contributed by atoms with van der Waals surface area (Å²) in [5.41, 5.74) is 0. The highest BCUT2D eigenvalue weighted by atomic mass is 79.9. The van der Waals surface area contributed by atoms with E-state index in [1.807, 2.05) is 11.3 Å². The first kappa shape index (κ1) is 17.2. The fourth-order valence-electron chi connectivity index (χ4n) is 2.27. The molecule has 3 heteroatoms. The first-order chi connectivity index (χ1) is 9.19. The zero-order chi connectivity index (χ0) is 14.1. The molecule has 1 N–H and O–H groups in total. The van der Waals surface area contributed by atoms with E-state index >= 15 is 0 Å². The maximum atomic E-state index is 3.71. The molecule has 19 heavy (non-hydrogen) atoms. The van der Waals surface area contributed by atoms with E-state index in [0.717, 1.165) is 6.54 Å². The summed E-state index contributed by atoms with van der Waals surface area (Å²) < 4.78 is 1.27. The Morgan fingerprint density at radius 2 is 1.89 bits per heavy atom. The van der Waals surface area contributed by atoms with Crippen LogP contribution in [-0.4, -0.2) is 6.54 Å². The zero-order valence-corrected chi connectivity index (χ0v) is 15.0. The van der Waals surface area contributed by atoms with Crippen molar-refractivity contribution in [1.82, 2.24) is 5.32 Å². The molecule has 0 spiro atoms. The fourth-order valence-corrected chi connectivity index (χ4v) is 3.94. The monoisotopic (exact) mass is 345 g/mol. The Labute approximate surface area is 131 Å². The van der Waals surface area contributed by atoms with E-state index in [1.54, 1.807) is 0 Å². The minimum Gasteiger partial charge on any atom is -0.309 e. The van der Waals surface area contributed by atoms with Crippen LogP contribution in [0.15, 0.2) is 10.5 Å². The summed E-state index contributed by atoms with van der Waals surface area (Å²) in [7, 11) is 0. The lowest BCUT2D eigenvalue weighted by molar-refractivity contribution is 0.473. The quantitative estimate of drug-likeness (QED) is 0.496. The van der Waals surface area contributed by atoms with Gasteiger partial charge in [-0.3, -0.25) is 0 Å². The Morgan fingerprint density at radius 3 is 2.47 bits per heavy atom. The molecule has 1 atom stereocenters. The minimum absolute atomic E-state index is 0.552. The van der Waals surface area contributed by atoms with Gasteiger partial charge in [-0.25, -0.2) is 0 Å². The van der Waals surface area contributed by atoms with Gasteiger partial charge in [0, 0.05) is 20.3 Å². The van der Waals surface area contributed by atoms with Gasteiger partial charge in [0.05, 0.1) is 0 Å². The number of thiophene rings is 1. The second kappa shape index (κ2) is 9.95. The van der Waals surface area contributed by atoms with Crippen molar-refractivity contribution in [2.45, 2.75) is 71.8 Å². The Balaban J connectivity index is 2.46. The lowest BCUT2D eigenvalue weighted by Crippen LogP contribution is -2.21. The molecule has 0 bridgehead atoms. The molecule has 0 aliphatic heterocycles. The van der Waals surface area contributed by atoms with Crippen molar-refractivity contribution in [3.8, 4) is 0 Å². The predicted molar refractivity (Wildman–Crippen MR) is 91.2 cm³/mol. The fraction of sp³-hybridized carbons (Fsp3) is 0.750. The highest BCUT2D eigenvalue weighted by Gasteiger charge is 2.14. The average Bonchev–Trinajstić information content (AvgIpc) is 2.73. The number of hydrogen-bond donors (Lipinski definition) is 1. The molecular weight excluding hydrogens is 318 g/mol. The highest BCUT2D eigenvalue weighted by molar-refractivity contribution is 9.10. The van der Waals surface area contributed by atoms with Gasteiger partial charge < -0.3 is 5.32 Å². The molecule has 0 saturated heterocycles. The second-order valence-corrected chi connectivity index (χ2v) is 7.40. The van der Waals surface area contributed by atoms with Crippen LogP contribution >= 0.6 is 27.3 Å². The van der Waals surface area contributed by atoms with Gasteiger partial charge in [0.25, 0.3) is 0 Å². The van der Waals surface area contributed by atoms with Gasteiger partial charge in [0.15, 0.2) is 0 Å². The van der Waals surface area contributed by atoms with Crippen LogP contribution < -0.4 is 5.32 Å². The van der Waals surface area contributed by atoms with Crippen LogP contribution in [0, 0.1) is 6.92 Å². The standard InChI is InChI=1S/C16H28BrNS/c1-4-6-7-8-9-10-15(18-11-5-2)16-12-14(17)13(3)19-16/h12,15,18H,4-11H2,1-3H3. The zero-order valence-electron chi connectivity index (χ0n) is 12.6. The molecule has 0 amide bonds. The van der Waals surface area contributed by atoms with E-state index in [-0.39, 0.29) is 0 Å². The molecule has 0 fully saturated rings. The number of aryl methyl sites for hydroxylation is 1. The SMILES string of the molecule is CCCCCCCC(NCCC)c1cc(Br)c(C)s1. The molecule has 0 saturated carbocycles. The van der Waals surface area contributed by atoms with Crippen LogP contribution in [0.5, 0.6) is 0 Å². The maximum Gasteiger partial charge on any atom is 0.0415 e. The summed E-state index contributed by atoms with van der Waals surface area (Å²) in [5, 5.41) is 3.71. The van der Waals surface area contributed by atoms with E-state index in [9.17, 15) is 0 Å². The summed E-state index contributed by atoms with van der Waals surface area (Å²) in [5.74, 6) is 0. The Kier molecular flexibility index (Phi) is 9.01. The molecule has 1 aromatic rings. The molecule has 0 aromatic carbocycles. The van der Waals surface area contributed by atoms with Crippen LogP contribution in [0.1, 0.15) is 74.6 Å². The highest BCUT2D eigenvalue weighted by Crippen LogP contribution is 2.32. The van der Waals surface area contributed by atoms with Crippen LogP contribution in [0.25, 0.3) is 0 Å². The normalized spacial score (nSPS) is 12.8. The van der Waals surface area contributed by atoms with Crippen molar-refractivity contribution < 1.29 is 0 Å². The van der Waals surface area contributed by atoms with Crippen molar-refractivity contribution in [3.05, 3.63) is 20.3 Å². The third-order valence-corrected chi connectivity index (χ3v) is 5.71. The average molecular weight is 346 g/mol. The molecule has 0 aliphatic rings. The molecule has 1 rings (SSSR count). The molecule has 1 aromatic heterocycles. The summed E-state index contributed by atoms with van der Waals surface area (Å²) >= 11 is 5.57. The summed E-state index contributed by atoms with van der Waals surface area (Å²) in [6, 6.07) is 2.86. The largest absolute Gasteiger partial charge is 0.309 e. The van der Waals surface area contributed by atoms with Crippen molar-refractivity contribution in [3.63, 3.8) is 0 Å². The van der Waals surface area contributed by atoms with Gasteiger partial charge in [-0.15, -0.1) is 11.3 Å². The van der Waals surface area contributed by atoms with E-state index in [0.29, 0.717) is 6.04 Å². The van der Waals surface area contributed by atoms with Crippen LogP contribution in [-0.2, 0) is 0 Å². The Morgan fingerprint density at radius 1 is 1.16 bits per heavy atom. The number of halogens is 1. The first-order valence-electron chi connectivity index (χ1n) is 7.68. The van der Waals surface area contributed by atoms with E-state index < -0.39 is 0 Å². The van der Waals surface area contributed by atoms with E-state index in [4.69, 9.17) is 0 Å². The third-order valence-electron chi connectivity index (χ3n) is 3.46. The molecule has 1 unspecified atom stereocenters. The van der Waals surface area contributed by atoms with Gasteiger partial charge in [-0.1, -0.05) is 46.0 Å². The Bertz CT molecular complexity index is 329. The van der Waals surface area contributed by atoms with Gasteiger partial charge in [0.2, 0.25) is 0 Å². The lowest BCUT2D eigenvalue weighted by Gasteiger charge is -2.17. The molecule has 1 nitrogen and oxygen atoms in total. The summed E-state index contributed by atoms with van der Waals surface area (Å²) in [4.78, 5) is 2.89. The summed E-state index contributed by atoms with van der Waals surface area (Å²) in [6.07, 6.45) is 9.31. The van der Waals surface area contributed by atoms with Crippen molar-refractivity contribution in [2.75, 3.05) is 6.54 Å². The first-order valence-corrected chi connectivity index (χ1v) is 9.29. The van der Waals surface area contributed by atoms with Gasteiger partial charge in [-0.05, 0) is 48.3 Å². The third kappa shape index (κ3) is 6.42. The topological polar surface area (TPSA) is 12.0 Å². The van der Waals surface area contributed by atoms with Crippen LogP contribution in [0.2, 0.25) is 0 Å². The Hall–Kier alpha value is 0.140. The lowest BCUT2D eigenvalue weighted by atomic mass is 10.1. The smallest absolute Gasteiger partial charge is 0.0415 e. The van der Waals surface area contributed by atoms with Gasteiger partial charge >= 0.3 is 0 Å². The molecule has 1 heterocycles. The predicted octanol–water partition coefficient (Wildman–Crippen LogP) is 6.22. The molecule has 0 aliphatic carbocycles. The van der Waals surface area contributed by atoms with Gasteiger partial charge in [-0.2, -0.15) is 0 Å². The van der Waals surface area contributed by atoms with Crippen LogP contribution in [0.3, 0.4) is 0 Å². The molecular formula is C16H28BrNS. The number of unbranched alkanes of at least 4 members (excludes halogenated alkanes) is 4. The second-order valence-electron chi connectivity index (χ2n) is 5.26. The molecule has 110 valence electrons. The van der Waals surface area contributed by atoms with E-state index in [2.05, 4.69) is 48.1 Å². The number of rotatable bonds is 10.